The fourth-order valence-electron chi connectivity index (χ4n) is 1.13. The predicted octanol–water partition coefficient (Wildman–Crippen LogP) is 0.705. The van der Waals surface area contributed by atoms with Crippen molar-refractivity contribution in [2.45, 2.75) is 6.10 Å². The van der Waals surface area contributed by atoms with Crippen molar-refractivity contribution in [2.24, 2.45) is 0 Å². The van der Waals surface area contributed by atoms with Crippen molar-refractivity contribution < 1.29 is 22.4 Å². The Kier molecular flexibility index (Phi) is 4.28. The third-order valence-corrected chi connectivity index (χ3v) is 2.48. The highest BCUT2D eigenvalue weighted by Gasteiger charge is 2.12. The highest BCUT2D eigenvalue weighted by Crippen LogP contribution is 2.19. The fourth-order valence-corrected chi connectivity index (χ4v) is 1.51. The first kappa shape index (κ1) is 13.0. The highest BCUT2D eigenvalue weighted by atomic mass is 32.2. The van der Waals surface area contributed by atoms with Crippen LogP contribution in [0.15, 0.2) is 24.3 Å². The second kappa shape index (κ2) is 5.29. The van der Waals surface area contributed by atoms with Gasteiger partial charge in [-0.05, 0) is 17.7 Å². The molecule has 1 rings (SSSR count). The molecule has 0 saturated carbocycles. The van der Waals surface area contributed by atoms with Gasteiger partial charge < -0.3 is 9.84 Å². The van der Waals surface area contributed by atoms with Crippen LogP contribution in [-0.4, -0.2) is 33.5 Å². The molecule has 1 aromatic rings. The van der Waals surface area contributed by atoms with Gasteiger partial charge >= 0.3 is 0 Å². The number of methoxy groups -OCH3 is 1. The molecular formula is C10H14O5S. The quantitative estimate of drug-likeness (QED) is 0.774. The number of ether oxygens (including phenoxy) is 1. The summed E-state index contributed by atoms with van der Waals surface area (Å²) in [6.07, 6.45) is -0.0597. The molecule has 1 aromatic carbocycles. The van der Waals surface area contributed by atoms with Crippen LogP contribution >= 0.6 is 0 Å². The Labute approximate surface area is 94.7 Å². The molecule has 6 heteroatoms. The van der Waals surface area contributed by atoms with E-state index in [1.807, 2.05) is 0 Å². The molecule has 0 aliphatic carbocycles. The van der Waals surface area contributed by atoms with Gasteiger partial charge in [-0.15, -0.1) is 0 Å². The molecule has 1 N–H and O–H groups in total. The van der Waals surface area contributed by atoms with Gasteiger partial charge in [-0.25, -0.2) is 0 Å². The minimum absolute atomic E-state index is 0.300. The Morgan fingerprint density at radius 2 is 2.12 bits per heavy atom. The standard InChI is InChI=1S/C10H14O5S/c1-14-9-5-3-4-8(6-9)10(11)7-15-16(2,12)13/h3-6,10-11H,7H2,1-2H3. The van der Waals surface area contributed by atoms with Crippen LogP contribution in [-0.2, 0) is 14.3 Å². The number of hydrogen-bond acceptors (Lipinski definition) is 5. The average molecular weight is 246 g/mol. The summed E-state index contributed by atoms with van der Waals surface area (Å²) in [6.45, 7) is -0.300. The molecule has 16 heavy (non-hydrogen) atoms. The molecule has 0 fully saturated rings. The van der Waals surface area contributed by atoms with E-state index >= 15 is 0 Å². The molecule has 5 nitrogen and oxygen atoms in total. The lowest BCUT2D eigenvalue weighted by atomic mass is 10.1. The van der Waals surface area contributed by atoms with Crippen LogP contribution in [0.5, 0.6) is 5.75 Å². The van der Waals surface area contributed by atoms with Gasteiger partial charge in [-0.1, -0.05) is 12.1 Å². The third-order valence-electron chi connectivity index (χ3n) is 1.92. The topological polar surface area (TPSA) is 72.8 Å². The van der Waals surface area contributed by atoms with E-state index in [2.05, 4.69) is 4.18 Å². The summed E-state index contributed by atoms with van der Waals surface area (Å²) in [7, 11) is -2.02. The number of aliphatic hydroxyl groups excluding tert-OH is 1. The van der Waals surface area contributed by atoms with Crippen LogP contribution < -0.4 is 4.74 Å². The van der Waals surface area contributed by atoms with E-state index in [0.29, 0.717) is 11.3 Å². The molecule has 0 saturated heterocycles. The van der Waals surface area contributed by atoms with E-state index in [4.69, 9.17) is 4.74 Å². The van der Waals surface area contributed by atoms with Crippen LogP contribution in [0.1, 0.15) is 11.7 Å². The molecule has 0 aliphatic heterocycles. The maximum atomic E-state index is 10.7. The Hall–Kier alpha value is -1.11. The minimum atomic E-state index is -3.53. The Morgan fingerprint density at radius 1 is 1.44 bits per heavy atom. The van der Waals surface area contributed by atoms with Gasteiger partial charge in [0.2, 0.25) is 0 Å². The van der Waals surface area contributed by atoms with Crippen molar-refractivity contribution >= 4 is 10.1 Å². The number of benzene rings is 1. The van der Waals surface area contributed by atoms with E-state index < -0.39 is 16.2 Å². The van der Waals surface area contributed by atoms with Gasteiger partial charge in [0, 0.05) is 0 Å². The molecule has 1 atom stereocenters. The van der Waals surface area contributed by atoms with Gasteiger partial charge in [0.1, 0.15) is 11.9 Å². The van der Waals surface area contributed by atoms with Crippen molar-refractivity contribution in [3.63, 3.8) is 0 Å². The Morgan fingerprint density at radius 3 is 2.69 bits per heavy atom. The summed E-state index contributed by atoms with van der Waals surface area (Å²) >= 11 is 0. The molecule has 0 spiro atoms. The highest BCUT2D eigenvalue weighted by molar-refractivity contribution is 7.85. The lowest BCUT2D eigenvalue weighted by molar-refractivity contribution is 0.112. The lowest BCUT2D eigenvalue weighted by Gasteiger charge is -2.11. The third kappa shape index (κ3) is 4.18. The second-order valence-electron chi connectivity index (χ2n) is 3.28. The maximum Gasteiger partial charge on any atom is 0.264 e. The zero-order valence-corrected chi connectivity index (χ0v) is 9.90. The number of rotatable bonds is 5. The van der Waals surface area contributed by atoms with Gasteiger partial charge in [0.15, 0.2) is 0 Å². The zero-order chi connectivity index (χ0) is 12.2. The van der Waals surface area contributed by atoms with Crippen molar-refractivity contribution in [3.05, 3.63) is 29.8 Å². The SMILES string of the molecule is COc1cccc(C(O)COS(C)(=O)=O)c1. The number of aliphatic hydroxyl groups is 1. The smallest absolute Gasteiger partial charge is 0.264 e. The molecule has 0 amide bonds. The molecular weight excluding hydrogens is 232 g/mol. The summed E-state index contributed by atoms with van der Waals surface area (Å²) in [5.41, 5.74) is 0.544. The van der Waals surface area contributed by atoms with E-state index in [-0.39, 0.29) is 6.61 Å². The monoisotopic (exact) mass is 246 g/mol. The summed E-state index contributed by atoms with van der Waals surface area (Å²) in [6, 6.07) is 6.72. The summed E-state index contributed by atoms with van der Waals surface area (Å²) in [4.78, 5) is 0. The van der Waals surface area contributed by atoms with Gasteiger partial charge in [-0.3, -0.25) is 4.18 Å². The lowest BCUT2D eigenvalue weighted by Crippen LogP contribution is -2.11. The van der Waals surface area contributed by atoms with Gasteiger partial charge in [0.05, 0.1) is 20.0 Å². The Balaban J connectivity index is 2.69. The van der Waals surface area contributed by atoms with E-state index in [0.717, 1.165) is 6.26 Å². The fraction of sp³-hybridized carbons (Fsp3) is 0.400. The van der Waals surface area contributed by atoms with Crippen molar-refractivity contribution in [3.8, 4) is 5.75 Å². The van der Waals surface area contributed by atoms with Crippen LogP contribution in [0.4, 0.5) is 0 Å². The minimum Gasteiger partial charge on any atom is -0.497 e. The molecule has 0 radical (unpaired) electrons. The average Bonchev–Trinajstić information content (AvgIpc) is 2.25. The van der Waals surface area contributed by atoms with E-state index in [1.54, 1.807) is 24.3 Å². The first-order valence-corrected chi connectivity index (χ1v) is 6.40. The molecule has 1 unspecified atom stereocenters. The Bertz CT molecular complexity index is 440. The first-order valence-electron chi connectivity index (χ1n) is 4.59. The molecule has 0 heterocycles. The normalized spacial score (nSPS) is 13.4. The second-order valence-corrected chi connectivity index (χ2v) is 4.93. The predicted molar refractivity (Wildman–Crippen MR) is 58.7 cm³/mol. The molecule has 0 aromatic heterocycles. The molecule has 0 aliphatic rings. The number of hydrogen-bond donors (Lipinski definition) is 1. The van der Waals surface area contributed by atoms with Crippen molar-refractivity contribution in [1.82, 2.24) is 0 Å². The summed E-state index contributed by atoms with van der Waals surface area (Å²) in [5, 5.41) is 9.66. The van der Waals surface area contributed by atoms with E-state index in [9.17, 15) is 13.5 Å². The first-order chi connectivity index (χ1) is 7.42. The van der Waals surface area contributed by atoms with Crippen LogP contribution in [0.25, 0.3) is 0 Å². The maximum absolute atomic E-state index is 10.7. The summed E-state index contributed by atoms with van der Waals surface area (Å²) < 4.78 is 30.9. The molecule has 90 valence electrons. The van der Waals surface area contributed by atoms with Gasteiger partial charge in [-0.2, -0.15) is 8.42 Å². The van der Waals surface area contributed by atoms with Crippen molar-refractivity contribution in [2.75, 3.05) is 20.0 Å². The van der Waals surface area contributed by atoms with E-state index in [1.165, 1.54) is 7.11 Å². The van der Waals surface area contributed by atoms with Crippen LogP contribution in [0, 0.1) is 0 Å². The van der Waals surface area contributed by atoms with Crippen LogP contribution in [0.2, 0.25) is 0 Å². The van der Waals surface area contributed by atoms with Crippen molar-refractivity contribution in [1.29, 1.82) is 0 Å². The van der Waals surface area contributed by atoms with Crippen LogP contribution in [0.3, 0.4) is 0 Å². The zero-order valence-electron chi connectivity index (χ0n) is 9.08. The molecule has 0 bridgehead atoms. The summed E-state index contributed by atoms with van der Waals surface area (Å²) in [5.74, 6) is 0.593. The largest absolute Gasteiger partial charge is 0.497 e. The van der Waals surface area contributed by atoms with Gasteiger partial charge in [0.25, 0.3) is 10.1 Å².